The van der Waals surface area contributed by atoms with Gasteiger partial charge in [-0.2, -0.15) is 0 Å². The summed E-state index contributed by atoms with van der Waals surface area (Å²) in [5, 5.41) is 0. The standard InChI is InChI=1S/C22H32N2O/c1-2-12-23(13-3-1)20-8-9-21-18(16-20)17-22(25-21)10-5-14-24(15-11-22)19-6-4-7-19/h8-9,16,19H,1-7,10-15,17H2. The van der Waals surface area contributed by atoms with Gasteiger partial charge in [-0.1, -0.05) is 6.42 Å². The monoisotopic (exact) mass is 340 g/mol. The van der Waals surface area contributed by atoms with Gasteiger partial charge in [0.2, 0.25) is 0 Å². The maximum absolute atomic E-state index is 6.59. The van der Waals surface area contributed by atoms with Crippen LogP contribution in [0.25, 0.3) is 0 Å². The van der Waals surface area contributed by atoms with E-state index in [4.69, 9.17) is 4.74 Å². The van der Waals surface area contributed by atoms with Gasteiger partial charge in [-0.3, -0.25) is 0 Å². The summed E-state index contributed by atoms with van der Waals surface area (Å²) in [6.07, 6.45) is 13.2. The van der Waals surface area contributed by atoms with Gasteiger partial charge in [-0.25, -0.2) is 0 Å². The third-order valence-corrected chi connectivity index (χ3v) is 7.13. The van der Waals surface area contributed by atoms with Gasteiger partial charge >= 0.3 is 0 Å². The molecule has 136 valence electrons. The summed E-state index contributed by atoms with van der Waals surface area (Å²) in [6, 6.07) is 7.86. The molecule has 4 aliphatic rings. The molecule has 1 saturated carbocycles. The van der Waals surface area contributed by atoms with Gasteiger partial charge in [0.05, 0.1) is 0 Å². The highest BCUT2D eigenvalue weighted by atomic mass is 16.5. The molecule has 0 bridgehead atoms. The number of fused-ring (bicyclic) bond motifs is 1. The Hall–Kier alpha value is -1.22. The highest BCUT2D eigenvalue weighted by molar-refractivity contribution is 5.55. The van der Waals surface area contributed by atoms with E-state index in [1.807, 2.05) is 0 Å². The van der Waals surface area contributed by atoms with Crippen molar-refractivity contribution in [2.75, 3.05) is 31.1 Å². The molecular weight excluding hydrogens is 308 g/mol. The average Bonchev–Trinajstić information content (AvgIpc) is 2.84. The van der Waals surface area contributed by atoms with Crippen molar-refractivity contribution >= 4 is 5.69 Å². The number of ether oxygens (including phenoxy) is 1. The average molecular weight is 341 g/mol. The molecule has 3 heteroatoms. The molecule has 0 radical (unpaired) electrons. The van der Waals surface area contributed by atoms with E-state index in [2.05, 4.69) is 28.0 Å². The molecule has 1 atom stereocenters. The highest BCUT2D eigenvalue weighted by Crippen LogP contribution is 2.43. The van der Waals surface area contributed by atoms with Crippen molar-refractivity contribution in [1.29, 1.82) is 0 Å². The van der Waals surface area contributed by atoms with Gasteiger partial charge in [-0.05, 0) is 69.7 Å². The van der Waals surface area contributed by atoms with Crippen LogP contribution < -0.4 is 9.64 Å². The molecule has 0 aromatic heterocycles. The van der Waals surface area contributed by atoms with Crippen molar-refractivity contribution in [2.24, 2.45) is 0 Å². The van der Waals surface area contributed by atoms with Crippen LogP contribution in [-0.2, 0) is 6.42 Å². The largest absolute Gasteiger partial charge is 0.487 e. The van der Waals surface area contributed by atoms with E-state index >= 15 is 0 Å². The number of rotatable bonds is 2. The van der Waals surface area contributed by atoms with Crippen LogP contribution in [0.15, 0.2) is 18.2 Å². The first-order chi connectivity index (χ1) is 12.3. The van der Waals surface area contributed by atoms with E-state index in [1.54, 1.807) is 0 Å². The second kappa shape index (κ2) is 6.50. The van der Waals surface area contributed by atoms with Crippen molar-refractivity contribution in [3.8, 4) is 5.75 Å². The van der Waals surface area contributed by atoms with Gasteiger partial charge in [0, 0.05) is 49.8 Å². The van der Waals surface area contributed by atoms with Crippen LogP contribution >= 0.6 is 0 Å². The first-order valence-electron chi connectivity index (χ1n) is 10.6. The molecule has 25 heavy (non-hydrogen) atoms. The van der Waals surface area contributed by atoms with Gasteiger partial charge in [0.15, 0.2) is 0 Å². The van der Waals surface area contributed by atoms with Gasteiger partial charge in [0.25, 0.3) is 0 Å². The van der Waals surface area contributed by atoms with E-state index in [-0.39, 0.29) is 5.60 Å². The summed E-state index contributed by atoms with van der Waals surface area (Å²) in [4.78, 5) is 5.32. The van der Waals surface area contributed by atoms with E-state index in [0.717, 1.165) is 18.2 Å². The summed E-state index contributed by atoms with van der Waals surface area (Å²) in [5.41, 5.74) is 2.96. The molecule has 0 amide bonds. The molecule has 2 saturated heterocycles. The van der Waals surface area contributed by atoms with Gasteiger partial charge in [-0.15, -0.1) is 0 Å². The molecule has 3 nitrogen and oxygen atoms in total. The zero-order valence-electron chi connectivity index (χ0n) is 15.5. The Labute approximate surface area is 152 Å². The Balaban J connectivity index is 1.30. The van der Waals surface area contributed by atoms with Crippen molar-refractivity contribution in [1.82, 2.24) is 4.90 Å². The molecule has 5 rings (SSSR count). The Kier molecular flexibility index (Phi) is 4.16. The maximum Gasteiger partial charge on any atom is 0.123 e. The molecule has 1 aliphatic carbocycles. The van der Waals surface area contributed by atoms with Crippen molar-refractivity contribution < 1.29 is 4.74 Å². The summed E-state index contributed by atoms with van der Waals surface area (Å²) < 4.78 is 6.59. The van der Waals surface area contributed by atoms with Gasteiger partial charge < -0.3 is 14.5 Å². The van der Waals surface area contributed by atoms with E-state index in [0.29, 0.717) is 0 Å². The normalized spacial score (nSPS) is 30.6. The van der Waals surface area contributed by atoms with Crippen LogP contribution in [0.2, 0.25) is 0 Å². The lowest BCUT2D eigenvalue weighted by molar-refractivity contribution is 0.0694. The molecule has 1 aromatic carbocycles. The van der Waals surface area contributed by atoms with Crippen LogP contribution in [0.3, 0.4) is 0 Å². The van der Waals surface area contributed by atoms with Crippen molar-refractivity contribution in [3.63, 3.8) is 0 Å². The number of benzene rings is 1. The minimum atomic E-state index is 0.0847. The van der Waals surface area contributed by atoms with Crippen molar-refractivity contribution in [2.45, 2.75) is 75.9 Å². The first kappa shape index (κ1) is 16.0. The minimum absolute atomic E-state index is 0.0847. The quantitative estimate of drug-likeness (QED) is 0.794. The molecule has 1 spiro atoms. The Morgan fingerprint density at radius 3 is 2.56 bits per heavy atom. The van der Waals surface area contributed by atoms with E-state index in [1.165, 1.54) is 95.2 Å². The Morgan fingerprint density at radius 1 is 0.880 bits per heavy atom. The third kappa shape index (κ3) is 3.05. The van der Waals surface area contributed by atoms with E-state index in [9.17, 15) is 0 Å². The van der Waals surface area contributed by atoms with Crippen molar-refractivity contribution in [3.05, 3.63) is 23.8 Å². The number of anilines is 1. The molecule has 3 fully saturated rings. The highest BCUT2D eigenvalue weighted by Gasteiger charge is 2.41. The predicted molar refractivity (Wildman–Crippen MR) is 103 cm³/mol. The second-order valence-electron chi connectivity index (χ2n) is 8.78. The minimum Gasteiger partial charge on any atom is -0.487 e. The fourth-order valence-electron chi connectivity index (χ4n) is 5.35. The van der Waals surface area contributed by atoms with Gasteiger partial charge in [0.1, 0.15) is 11.4 Å². The molecule has 3 aliphatic heterocycles. The van der Waals surface area contributed by atoms with Crippen LogP contribution in [-0.4, -0.2) is 42.7 Å². The number of piperidine rings is 1. The van der Waals surface area contributed by atoms with Crippen LogP contribution in [0, 0.1) is 0 Å². The maximum atomic E-state index is 6.59. The smallest absolute Gasteiger partial charge is 0.123 e. The van der Waals surface area contributed by atoms with Crippen LogP contribution in [0.5, 0.6) is 5.75 Å². The SMILES string of the molecule is c1cc2c(cc1N1CCCCC1)CC1(CCCN(C3CCC3)CC1)O2. The third-order valence-electron chi connectivity index (χ3n) is 7.13. The molecule has 3 heterocycles. The molecular formula is C22H32N2O. The molecule has 1 aromatic rings. The van der Waals surface area contributed by atoms with E-state index < -0.39 is 0 Å². The lowest BCUT2D eigenvalue weighted by Gasteiger charge is -2.37. The molecule has 1 unspecified atom stereocenters. The Bertz CT molecular complexity index is 620. The number of hydrogen-bond donors (Lipinski definition) is 0. The number of hydrogen-bond acceptors (Lipinski definition) is 3. The topological polar surface area (TPSA) is 15.7 Å². The zero-order chi connectivity index (χ0) is 16.7. The summed E-state index contributed by atoms with van der Waals surface area (Å²) in [5.74, 6) is 1.16. The molecule has 0 N–H and O–H groups in total. The van der Waals surface area contributed by atoms with Crippen LogP contribution in [0.4, 0.5) is 5.69 Å². The summed E-state index contributed by atoms with van der Waals surface area (Å²) >= 11 is 0. The second-order valence-corrected chi connectivity index (χ2v) is 8.78. The zero-order valence-corrected chi connectivity index (χ0v) is 15.5. The Morgan fingerprint density at radius 2 is 1.76 bits per heavy atom. The lowest BCUT2D eigenvalue weighted by Crippen LogP contribution is -2.42. The fraction of sp³-hybridized carbons (Fsp3) is 0.727. The summed E-state index contributed by atoms with van der Waals surface area (Å²) in [7, 11) is 0. The summed E-state index contributed by atoms with van der Waals surface area (Å²) in [6.45, 7) is 4.96. The fourth-order valence-corrected chi connectivity index (χ4v) is 5.35. The number of likely N-dealkylation sites (tertiary alicyclic amines) is 1. The first-order valence-corrected chi connectivity index (χ1v) is 10.6. The van der Waals surface area contributed by atoms with Crippen LogP contribution in [0.1, 0.15) is 63.4 Å². The predicted octanol–water partition coefficient (Wildman–Crippen LogP) is 4.39. The lowest BCUT2D eigenvalue weighted by atomic mass is 9.89. The number of nitrogens with zero attached hydrogens (tertiary/aromatic N) is 2.